The lowest BCUT2D eigenvalue weighted by Crippen LogP contribution is -2.40. The van der Waals surface area contributed by atoms with Crippen molar-refractivity contribution in [3.8, 4) is 0 Å². The molecule has 33 heavy (non-hydrogen) atoms. The first-order valence-corrected chi connectivity index (χ1v) is 12.4. The molecule has 5 N–H and O–H groups in total. The maximum Gasteiger partial charge on any atom is 0.335 e. The zero-order valence-electron chi connectivity index (χ0n) is 20.3. The van der Waals surface area contributed by atoms with Gasteiger partial charge in [0.25, 0.3) is 0 Å². The molecule has 3 saturated carbocycles. The van der Waals surface area contributed by atoms with Gasteiger partial charge in [0.2, 0.25) is 0 Å². The molecule has 0 bridgehead atoms. The van der Waals surface area contributed by atoms with Crippen LogP contribution in [0.4, 0.5) is 0 Å². The Hall–Kier alpha value is -1.47. The molecule has 186 valence electrons. The highest BCUT2D eigenvalue weighted by Crippen LogP contribution is 2.60. The molecule has 0 saturated heterocycles. The lowest BCUT2D eigenvalue weighted by atomic mass is 9.60. The SMILES string of the molecule is C=C1C(=CC=C2CCC[C@]3(C)[C@@H]([C@H](C)C[C@@H](O)C[C@](C)(O)C(=O)O)CC[C@@H]23)C[C@H](O)C[C@H]1O. The topological polar surface area (TPSA) is 118 Å². The number of aliphatic carboxylic acids is 1. The number of carbonyl (C=O) groups is 1. The standard InChI is InChI=1S/C27H42O6/c1-16(12-21(29)15-27(4,33)25(31)32)22-9-10-23-18(6-5-11-26(22,23)3)7-8-19-13-20(28)14-24(30)17(19)2/h7-8,16,20-24,28-30,33H,2,5-6,9-15H2,1,3-4H3,(H,31,32)/t16-,20+,21-,22-,23+,24-,26-,27+/m1/s1. The van der Waals surface area contributed by atoms with Gasteiger partial charge in [-0.2, -0.15) is 0 Å². The van der Waals surface area contributed by atoms with Crippen LogP contribution in [0.3, 0.4) is 0 Å². The van der Waals surface area contributed by atoms with Crippen LogP contribution in [0.15, 0.2) is 35.5 Å². The molecule has 0 aromatic heterocycles. The Labute approximate surface area is 197 Å². The van der Waals surface area contributed by atoms with E-state index in [9.17, 15) is 25.2 Å². The largest absolute Gasteiger partial charge is 0.479 e. The maximum atomic E-state index is 11.2. The summed E-state index contributed by atoms with van der Waals surface area (Å²) in [5.74, 6) is -0.197. The van der Waals surface area contributed by atoms with Crippen molar-refractivity contribution in [2.75, 3.05) is 0 Å². The van der Waals surface area contributed by atoms with Gasteiger partial charge < -0.3 is 25.5 Å². The van der Waals surface area contributed by atoms with Crippen molar-refractivity contribution in [2.24, 2.45) is 23.2 Å². The van der Waals surface area contributed by atoms with Crippen molar-refractivity contribution in [1.29, 1.82) is 0 Å². The zero-order chi connectivity index (χ0) is 24.6. The number of carboxylic acids is 1. The van der Waals surface area contributed by atoms with E-state index in [4.69, 9.17) is 5.11 Å². The number of aliphatic hydroxyl groups excluding tert-OH is 3. The minimum absolute atomic E-state index is 0.125. The van der Waals surface area contributed by atoms with Crippen LogP contribution in [0.1, 0.15) is 78.6 Å². The third-order valence-corrected chi connectivity index (χ3v) is 8.73. The molecule has 6 heteroatoms. The molecule has 0 radical (unpaired) electrons. The zero-order valence-corrected chi connectivity index (χ0v) is 20.3. The molecule has 3 aliphatic rings. The molecule has 3 fully saturated rings. The Balaban J connectivity index is 1.71. The summed E-state index contributed by atoms with van der Waals surface area (Å²) in [4.78, 5) is 11.2. The number of rotatable bonds is 7. The number of aliphatic hydroxyl groups is 4. The van der Waals surface area contributed by atoms with Gasteiger partial charge >= 0.3 is 5.97 Å². The number of allylic oxidation sites excluding steroid dienone is 3. The van der Waals surface area contributed by atoms with E-state index >= 15 is 0 Å². The second kappa shape index (κ2) is 10.0. The minimum Gasteiger partial charge on any atom is -0.479 e. The number of hydrogen-bond acceptors (Lipinski definition) is 5. The molecule has 0 aromatic rings. The van der Waals surface area contributed by atoms with E-state index < -0.39 is 29.9 Å². The van der Waals surface area contributed by atoms with E-state index in [-0.39, 0.29) is 17.8 Å². The highest BCUT2D eigenvalue weighted by Gasteiger charge is 2.51. The van der Waals surface area contributed by atoms with Gasteiger partial charge in [0.1, 0.15) is 0 Å². The van der Waals surface area contributed by atoms with Crippen LogP contribution in [-0.4, -0.2) is 55.4 Å². The second-order valence-electron chi connectivity index (χ2n) is 11.3. The van der Waals surface area contributed by atoms with Crippen LogP contribution in [0.25, 0.3) is 0 Å². The van der Waals surface area contributed by atoms with E-state index in [2.05, 4.69) is 26.5 Å². The molecule has 0 amide bonds. The molecular weight excluding hydrogens is 420 g/mol. The molecule has 0 spiro atoms. The summed E-state index contributed by atoms with van der Waals surface area (Å²) in [5.41, 5.74) is 1.26. The van der Waals surface area contributed by atoms with Crippen LogP contribution in [0.2, 0.25) is 0 Å². The average Bonchev–Trinajstić information content (AvgIpc) is 3.06. The van der Waals surface area contributed by atoms with E-state index in [0.29, 0.717) is 36.7 Å². The first-order valence-electron chi connectivity index (χ1n) is 12.4. The monoisotopic (exact) mass is 462 g/mol. The Kier molecular flexibility index (Phi) is 7.94. The van der Waals surface area contributed by atoms with Crippen molar-refractivity contribution in [1.82, 2.24) is 0 Å². The van der Waals surface area contributed by atoms with Gasteiger partial charge in [0.05, 0.1) is 18.3 Å². The summed E-state index contributed by atoms with van der Waals surface area (Å²) in [6.45, 7) is 9.76. The van der Waals surface area contributed by atoms with Gasteiger partial charge in [-0.3, -0.25) is 0 Å². The normalized spacial score (nSPS) is 38.7. The number of hydrogen-bond donors (Lipinski definition) is 5. The fourth-order valence-corrected chi connectivity index (χ4v) is 6.90. The molecular formula is C27H42O6. The van der Waals surface area contributed by atoms with E-state index in [1.165, 1.54) is 12.5 Å². The number of fused-ring (bicyclic) bond motifs is 1. The van der Waals surface area contributed by atoms with Gasteiger partial charge in [-0.15, -0.1) is 0 Å². The fourth-order valence-electron chi connectivity index (χ4n) is 6.90. The van der Waals surface area contributed by atoms with Gasteiger partial charge in [-0.1, -0.05) is 38.2 Å². The number of carboxylic acid groups (broad SMARTS) is 1. The smallest absolute Gasteiger partial charge is 0.335 e. The fraction of sp³-hybridized carbons (Fsp3) is 0.741. The molecule has 0 aliphatic heterocycles. The Bertz CT molecular complexity index is 811. The van der Waals surface area contributed by atoms with Crippen molar-refractivity contribution in [3.63, 3.8) is 0 Å². The van der Waals surface area contributed by atoms with Crippen molar-refractivity contribution in [2.45, 2.75) is 102 Å². The average molecular weight is 463 g/mol. The van der Waals surface area contributed by atoms with Crippen LogP contribution >= 0.6 is 0 Å². The van der Waals surface area contributed by atoms with Gasteiger partial charge in [-0.25, -0.2) is 4.79 Å². The van der Waals surface area contributed by atoms with Crippen LogP contribution in [-0.2, 0) is 4.79 Å². The Morgan fingerprint density at radius 3 is 2.67 bits per heavy atom. The summed E-state index contributed by atoms with van der Waals surface area (Å²) in [7, 11) is 0. The Morgan fingerprint density at radius 2 is 2.00 bits per heavy atom. The predicted octanol–water partition coefficient (Wildman–Crippen LogP) is 3.74. The molecule has 0 aromatic carbocycles. The van der Waals surface area contributed by atoms with E-state index in [1.807, 2.05) is 6.08 Å². The molecule has 6 nitrogen and oxygen atoms in total. The summed E-state index contributed by atoms with van der Waals surface area (Å²) in [6.07, 6.45) is 8.81. The molecule has 3 aliphatic carbocycles. The lowest BCUT2D eigenvalue weighted by Gasteiger charge is -2.44. The van der Waals surface area contributed by atoms with Gasteiger partial charge in [0.15, 0.2) is 5.60 Å². The molecule has 8 atom stereocenters. The second-order valence-corrected chi connectivity index (χ2v) is 11.3. The van der Waals surface area contributed by atoms with Crippen LogP contribution < -0.4 is 0 Å². The maximum absolute atomic E-state index is 11.2. The predicted molar refractivity (Wildman–Crippen MR) is 127 cm³/mol. The van der Waals surface area contributed by atoms with Crippen LogP contribution in [0, 0.1) is 23.2 Å². The van der Waals surface area contributed by atoms with Crippen molar-refractivity contribution >= 4 is 5.97 Å². The minimum atomic E-state index is -1.92. The Morgan fingerprint density at radius 1 is 1.30 bits per heavy atom. The highest BCUT2D eigenvalue weighted by molar-refractivity contribution is 5.76. The third-order valence-electron chi connectivity index (χ3n) is 8.73. The molecule has 0 heterocycles. The van der Waals surface area contributed by atoms with Crippen molar-refractivity contribution in [3.05, 3.63) is 35.5 Å². The molecule has 3 rings (SSSR count). The van der Waals surface area contributed by atoms with Crippen molar-refractivity contribution < 1.29 is 30.3 Å². The highest BCUT2D eigenvalue weighted by atomic mass is 16.4. The summed E-state index contributed by atoms with van der Waals surface area (Å²) in [5, 5.41) is 49.8. The summed E-state index contributed by atoms with van der Waals surface area (Å²) in [6, 6.07) is 0. The van der Waals surface area contributed by atoms with Gasteiger partial charge in [-0.05, 0) is 86.2 Å². The first-order chi connectivity index (χ1) is 15.3. The quantitative estimate of drug-likeness (QED) is 0.393. The summed E-state index contributed by atoms with van der Waals surface area (Å²) >= 11 is 0. The lowest BCUT2D eigenvalue weighted by molar-refractivity contribution is -0.160. The van der Waals surface area contributed by atoms with Crippen LogP contribution in [0.5, 0.6) is 0 Å². The van der Waals surface area contributed by atoms with Gasteiger partial charge in [0, 0.05) is 12.8 Å². The van der Waals surface area contributed by atoms with E-state index in [0.717, 1.165) is 37.7 Å². The first kappa shape index (κ1) is 26.1. The molecule has 0 unspecified atom stereocenters. The van der Waals surface area contributed by atoms with E-state index in [1.54, 1.807) is 0 Å². The summed E-state index contributed by atoms with van der Waals surface area (Å²) < 4.78 is 0. The third kappa shape index (κ3) is 5.61.